The number of hydrogen-bond acceptors (Lipinski definition) is 4. The Kier molecular flexibility index (Phi) is 4.82. The van der Waals surface area contributed by atoms with Crippen LogP contribution in [-0.4, -0.2) is 18.1 Å². The topological polar surface area (TPSA) is 48.4 Å². The van der Waals surface area contributed by atoms with Gasteiger partial charge in [-0.25, -0.2) is 22.9 Å². The van der Waals surface area contributed by atoms with Crippen molar-refractivity contribution in [2.24, 2.45) is 0 Å². The van der Waals surface area contributed by atoms with Crippen LogP contribution >= 0.6 is 0 Å². The maximum Gasteiger partial charge on any atom is 0.349 e. The second kappa shape index (κ2) is 6.65. The zero-order valence-corrected chi connectivity index (χ0v) is 12.0. The number of halogens is 5. The van der Waals surface area contributed by atoms with Gasteiger partial charge < -0.3 is 9.47 Å². The molecule has 1 heterocycles. The number of rotatable bonds is 4. The third-order valence-electron chi connectivity index (χ3n) is 2.87. The largest absolute Gasteiger partial charge is 0.480 e. The SMILES string of the molecule is C=Cc1ccc(C(=O)Oc2c(F)c(F)c(F)c(F)c2F)c(OC)n1. The predicted molar refractivity (Wildman–Crippen MR) is 72.1 cm³/mol. The van der Waals surface area contributed by atoms with Gasteiger partial charge in [-0.05, 0) is 18.2 Å². The number of hydrogen-bond donors (Lipinski definition) is 0. The fraction of sp³-hybridized carbons (Fsp3) is 0.0667. The quantitative estimate of drug-likeness (QED) is 0.279. The number of benzene rings is 1. The lowest BCUT2D eigenvalue weighted by Gasteiger charge is -2.10. The molecule has 2 aromatic rings. The molecule has 0 aliphatic heterocycles. The van der Waals surface area contributed by atoms with Gasteiger partial charge in [0.25, 0.3) is 0 Å². The van der Waals surface area contributed by atoms with Crippen LogP contribution in [0.15, 0.2) is 18.7 Å². The van der Waals surface area contributed by atoms with Gasteiger partial charge in [-0.1, -0.05) is 6.58 Å². The fourth-order valence-electron chi connectivity index (χ4n) is 1.70. The molecule has 0 aliphatic rings. The van der Waals surface area contributed by atoms with E-state index in [4.69, 9.17) is 4.74 Å². The molecule has 0 fully saturated rings. The number of nitrogens with zero attached hydrogens (tertiary/aromatic N) is 1. The molecule has 126 valence electrons. The van der Waals surface area contributed by atoms with E-state index in [9.17, 15) is 26.7 Å². The lowest BCUT2D eigenvalue weighted by Crippen LogP contribution is -2.15. The van der Waals surface area contributed by atoms with Crippen molar-refractivity contribution in [3.63, 3.8) is 0 Å². The van der Waals surface area contributed by atoms with Gasteiger partial charge in [0.05, 0.1) is 12.8 Å². The van der Waals surface area contributed by atoms with Crippen LogP contribution in [-0.2, 0) is 0 Å². The zero-order valence-electron chi connectivity index (χ0n) is 12.0. The Labute approximate surface area is 132 Å². The maximum atomic E-state index is 13.5. The first-order valence-electron chi connectivity index (χ1n) is 6.22. The van der Waals surface area contributed by atoms with Crippen LogP contribution in [0.2, 0.25) is 0 Å². The molecule has 0 radical (unpaired) electrons. The highest BCUT2D eigenvalue weighted by molar-refractivity contribution is 5.93. The smallest absolute Gasteiger partial charge is 0.349 e. The minimum atomic E-state index is -2.36. The van der Waals surface area contributed by atoms with Crippen molar-refractivity contribution in [1.82, 2.24) is 4.98 Å². The lowest BCUT2D eigenvalue weighted by molar-refractivity contribution is 0.0711. The van der Waals surface area contributed by atoms with E-state index in [-0.39, 0.29) is 11.4 Å². The van der Waals surface area contributed by atoms with E-state index in [1.807, 2.05) is 0 Å². The van der Waals surface area contributed by atoms with Crippen molar-refractivity contribution in [1.29, 1.82) is 0 Å². The molecule has 0 N–H and O–H groups in total. The monoisotopic (exact) mass is 345 g/mol. The van der Waals surface area contributed by atoms with Gasteiger partial charge >= 0.3 is 5.97 Å². The molecule has 0 saturated heterocycles. The van der Waals surface area contributed by atoms with Crippen LogP contribution in [0, 0.1) is 29.1 Å². The summed E-state index contributed by atoms with van der Waals surface area (Å²) in [6.45, 7) is 3.45. The van der Waals surface area contributed by atoms with Gasteiger partial charge in [0.15, 0.2) is 0 Å². The summed E-state index contributed by atoms with van der Waals surface area (Å²) in [5, 5.41) is 0. The molecule has 1 aromatic carbocycles. The molecule has 0 aliphatic carbocycles. The number of esters is 1. The summed E-state index contributed by atoms with van der Waals surface area (Å²) in [4.78, 5) is 15.8. The third kappa shape index (κ3) is 2.92. The summed E-state index contributed by atoms with van der Waals surface area (Å²) >= 11 is 0. The van der Waals surface area contributed by atoms with Gasteiger partial charge in [0.2, 0.25) is 40.7 Å². The molecular weight excluding hydrogens is 337 g/mol. The molecule has 0 atom stereocenters. The highest BCUT2D eigenvalue weighted by Gasteiger charge is 2.29. The number of aromatic nitrogens is 1. The predicted octanol–water partition coefficient (Wildman–Crippen LogP) is 3.65. The Morgan fingerprint density at radius 1 is 1.04 bits per heavy atom. The standard InChI is InChI=1S/C15H8F5NO3/c1-3-6-4-5-7(14(21-6)23-2)15(22)24-13-11(19)9(17)8(16)10(18)12(13)20/h3-5H,1H2,2H3. The summed E-state index contributed by atoms with van der Waals surface area (Å²) in [6, 6.07) is 2.45. The van der Waals surface area contributed by atoms with Crippen molar-refractivity contribution >= 4 is 12.0 Å². The van der Waals surface area contributed by atoms with E-state index in [0.717, 1.165) is 13.2 Å². The molecular formula is C15H8F5NO3. The average Bonchev–Trinajstić information content (AvgIpc) is 2.61. The molecule has 0 amide bonds. The maximum absolute atomic E-state index is 13.5. The van der Waals surface area contributed by atoms with Gasteiger partial charge in [-0.2, -0.15) is 8.78 Å². The van der Waals surface area contributed by atoms with Gasteiger partial charge in [0.1, 0.15) is 5.56 Å². The molecule has 24 heavy (non-hydrogen) atoms. The van der Waals surface area contributed by atoms with Crippen LogP contribution in [0.5, 0.6) is 11.6 Å². The summed E-state index contributed by atoms with van der Waals surface area (Å²) in [5.74, 6) is -14.8. The average molecular weight is 345 g/mol. The van der Waals surface area contributed by atoms with Gasteiger partial charge in [0, 0.05) is 0 Å². The Morgan fingerprint density at radius 2 is 1.58 bits per heavy atom. The van der Waals surface area contributed by atoms with Crippen LogP contribution in [0.25, 0.3) is 6.08 Å². The Balaban J connectivity index is 2.46. The van der Waals surface area contributed by atoms with Crippen LogP contribution < -0.4 is 9.47 Å². The number of methoxy groups -OCH3 is 1. The number of carbonyl (C=O) groups is 1. The highest BCUT2D eigenvalue weighted by atomic mass is 19.2. The summed E-state index contributed by atoms with van der Waals surface area (Å²) in [7, 11) is 1.16. The van der Waals surface area contributed by atoms with E-state index in [0.29, 0.717) is 5.69 Å². The summed E-state index contributed by atoms with van der Waals surface area (Å²) < 4.78 is 75.3. The van der Waals surface area contributed by atoms with Crippen LogP contribution in [0.3, 0.4) is 0 Å². The number of pyridine rings is 1. The third-order valence-corrected chi connectivity index (χ3v) is 2.87. The normalized spacial score (nSPS) is 10.4. The lowest BCUT2D eigenvalue weighted by atomic mass is 10.2. The van der Waals surface area contributed by atoms with Crippen molar-refractivity contribution in [2.75, 3.05) is 7.11 Å². The Morgan fingerprint density at radius 3 is 2.08 bits per heavy atom. The van der Waals surface area contributed by atoms with Crippen molar-refractivity contribution in [3.05, 3.63) is 59.1 Å². The summed E-state index contributed by atoms with van der Waals surface area (Å²) in [5.41, 5.74) is -0.0633. The van der Waals surface area contributed by atoms with E-state index >= 15 is 0 Å². The Bertz CT molecular complexity index is 809. The van der Waals surface area contributed by atoms with Crippen molar-refractivity contribution in [2.45, 2.75) is 0 Å². The van der Waals surface area contributed by atoms with E-state index in [2.05, 4.69) is 16.3 Å². The van der Waals surface area contributed by atoms with Gasteiger partial charge in [-0.15, -0.1) is 0 Å². The van der Waals surface area contributed by atoms with E-state index in [1.54, 1.807) is 0 Å². The van der Waals surface area contributed by atoms with Crippen LogP contribution in [0.1, 0.15) is 16.1 Å². The zero-order chi connectivity index (χ0) is 18.0. The second-order valence-corrected chi connectivity index (χ2v) is 4.29. The Hall–Kier alpha value is -2.97. The summed E-state index contributed by atoms with van der Waals surface area (Å²) in [6.07, 6.45) is 1.34. The molecule has 1 aromatic heterocycles. The minimum Gasteiger partial charge on any atom is -0.480 e. The first kappa shape index (κ1) is 17.4. The molecule has 0 saturated carbocycles. The second-order valence-electron chi connectivity index (χ2n) is 4.29. The number of carbonyl (C=O) groups excluding carboxylic acids is 1. The molecule has 9 heteroatoms. The minimum absolute atomic E-state index is 0.277. The number of ether oxygens (including phenoxy) is 2. The molecule has 0 bridgehead atoms. The van der Waals surface area contributed by atoms with Crippen LogP contribution in [0.4, 0.5) is 22.0 Å². The van der Waals surface area contributed by atoms with E-state index in [1.165, 1.54) is 12.1 Å². The molecule has 0 spiro atoms. The first-order valence-corrected chi connectivity index (χ1v) is 6.22. The van der Waals surface area contributed by atoms with Crippen molar-refractivity contribution in [3.8, 4) is 11.6 Å². The fourth-order valence-corrected chi connectivity index (χ4v) is 1.70. The highest BCUT2D eigenvalue weighted by Crippen LogP contribution is 2.30. The first-order chi connectivity index (χ1) is 11.3. The molecule has 0 unspecified atom stereocenters. The molecule has 2 rings (SSSR count). The molecule has 4 nitrogen and oxygen atoms in total. The van der Waals surface area contributed by atoms with Crippen molar-refractivity contribution < 1.29 is 36.2 Å². The van der Waals surface area contributed by atoms with Gasteiger partial charge in [-0.3, -0.25) is 0 Å². The van der Waals surface area contributed by atoms with E-state index < -0.39 is 40.8 Å².